The Bertz CT molecular complexity index is 1130. The summed E-state index contributed by atoms with van der Waals surface area (Å²) < 4.78 is 38.9. The number of hydrogen-bond acceptors (Lipinski definition) is 5. The van der Waals surface area contributed by atoms with Crippen LogP contribution in [-0.2, 0) is 19.0 Å². The Morgan fingerprint density at radius 1 is 1.16 bits per heavy atom. The van der Waals surface area contributed by atoms with Crippen LogP contribution in [-0.4, -0.2) is 40.7 Å². The Balaban J connectivity index is 1.58. The van der Waals surface area contributed by atoms with Crippen LogP contribution in [0.5, 0.6) is 0 Å². The molecule has 0 atom stereocenters. The van der Waals surface area contributed by atoms with Crippen molar-refractivity contribution in [2.24, 2.45) is 0 Å². The Hall–Kier alpha value is -3.46. The summed E-state index contributed by atoms with van der Waals surface area (Å²) in [4.78, 5) is 22.6. The van der Waals surface area contributed by atoms with E-state index in [2.05, 4.69) is 15.3 Å². The van der Waals surface area contributed by atoms with Gasteiger partial charge in [-0.15, -0.1) is 0 Å². The minimum Gasteiger partial charge on any atom is -0.395 e. The number of carbonyl (C=O) groups excluding carboxylic acids is 1. The van der Waals surface area contributed by atoms with Gasteiger partial charge in [0.2, 0.25) is 0 Å². The number of pyridine rings is 2. The number of hydrogen-bond donors (Lipinski definition) is 2. The zero-order valence-corrected chi connectivity index (χ0v) is 17.1. The van der Waals surface area contributed by atoms with Crippen LogP contribution >= 0.6 is 0 Å². The van der Waals surface area contributed by atoms with Crippen molar-refractivity contribution < 1.29 is 23.1 Å². The monoisotopic (exact) mass is 442 g/mol. The van der Waals surface area contributed by atoms with Gasteiger partial charge in [-0.1, -0.05) is 12.1 Å². The lowest BCUT2D eigenvalue weighted by atomic mass is 10.0. The van der Waals surface area contributed by atoms with Crippen LogP contribution in [0.3, 0.4) is 0 Å². The van der Waals surface area contributed by atoms with Crippen LogP contribution in [0.15, 0.2) is 54.7 Å². The SMILES string of the molecule is O=C(NCCO)c1cccc2c1CCN2c1cc(Cc2cccc(C(F)(F)F)n2)ccn1. The van der Waals surface area contributed by atoms with Gasteiger partial charge in [-0.25, -0.2) is 9.97 Å². The number of benzene rings is 1. The normalized spacial score (nSPS) is 13.2. The smallest absolute Gasteiger partial charge is 0.395 e. The fraction of sp³-hybridized carbons (Fsp3) is 0.261. The maximum absolute atomic E-state index is 13.0. The molecule has 4 rings (SSSR count). The van der Waals surface area contributed by atoms with Gasteiger partial charge < -0.3 is 15.3 Å². The van der Waals surface area contributed by atoms with Crippen molar-refractivity contribution in [3.8, 4) is 0 Å². The highest BCUT2D eigenvalue weighted by molar-refractivity contribution is 5.98. The number of nitrogens with one attached hydrogen (secondary N) is 1. The lowest BCUT2D eigenvalue weighted by Crippen LogP contribution is -2.27. The first-order valence-electron chi connectivity index (χ1n) is 10.1. The second-order valence-corrected chi connectivity index (χ2v) is 7.40. The molecular formula is C23H21F3N4O2. The predicted molar refractivity (Wildman–Crippen MR) is 113 cm³/mol. The van der Waals surface area contributed by atoms with Gasteiger partial charge in [0.1, 0.15) is 11.5 Å². The predicted octanol–water partition coefficient (Wildman–Crippen LogP) is 3.50. The lowest BCUT2D eigenvalue weighted by Gasteiger charge is -2.19. The fourth-order valence-corrected chi connectivity index (χ4v) is 3.81. The lowest BCUT2D eigenvalue weighted by molar-refractivity contribution is -0.141. The van der Waals surface area contributed by atoms with Gasteiger partial charge in [-0.2, -0.15) is 13.2 Å². The molecule has 1 aliphatic rings. The number of aliphatic hydroxyl groups excluding tert-OH is 1. The molecule has 0 spiro atoms. The summed E-state index contributed by atoms with van der Waals surface area (Å²) in [6, 6.07) is 12.9. The first-order valence-corrected chi connectivity index (χ1v) is 10.1. The number of amides is 1. The number of rotatable bonds is 6. The van der Waals surface area contributed by atoms with E-state index in [1.807, 2.05) is 17.0 Å². The Morgan fingerprint density at radius 2 is 1.97 bits per heavy atom. The van der Waals surface area contributed by atoms with Crippen molar-refractivity contribution in [1.82, 2.24) is 15.3 Å². The molecule has 2 N–H and O–H groups in total. The van der Waals surface area contributed by atoms with Gasteiger partial charge in [-0.05, 0) is 53.9 Å². The summed E-state index contributed by atoms with van der Waals surface area (Å²) >= 11 is 0. The minimum absolute atomic E-state index is 0.135. The molecule has 6 nitrogen and oxygen atoms in total. The molecule has 3 aromatic rings. The molecule has 0 aliphatic carbocycles. The molecular weight excluding hydrogens is 421 g/mol. The molecule has 0 fully saturated rings. The molecule has 9 heteroatoms. The average molecular weight is 442 g/mol. The fourth-order valence-electron chi connectivity index (χ4n) is 3.81. The second kappa shape index (κ2) is 8.96. The second-order valence-electron chi connectivity index (χ2n) is 7.40. The topological polar surface area (TPSA) is 78.4 Å². The van der Waals surface area contributed by atoms with Crippen molar-refractivity contribution >= 4 is 17.4 Å². The first kappa shape index (κ1) is 21.8. The average Bonchev–Trinajstić information content (AvgIpc) is 3.21. The maximum Gasteiger partial charge on any atom is 0.433 e. The van der Waals surface area contributed by atoms with Crippen molar-refractivity contribution in [2.75, 3.05) is 24.6 Å². The van der Waals surface area contributed by atoms with Crippen molar-refractivity contribution in [1.29, 1.82) is 0 Å². The molecule has 1 amide bonds. The number of anilines is 2. The van der Waals surface area contributed by atoms with Crippen LogP contribution in [0, 0.1) is 0 Å². The molecule has 1 aliphatic heterocycles. The molecule has 2 aromatic heterocycles. The summed E-state index contributed by atoms with van der Waals surface area (Å²) in [5.74, 6) is 0.413. The van der Waals surface area contributed by atoms with E-state index in [0.29, 0.717) is 30.0 Å². The van der Waals surface area contributed by atoms with Gasteiger partial charge in [0, 0.05) is 42.7 Å². The van der Waals surface area contributed by atoms with Gasteiger partial charge in [0.15, 0.2) is 0 Å². The van der Waals surface area contributed by atoms with E-state index >= 15 is 0 Å². The quantitative estimate of drug-likeness (QED) is 0.611. The third-order valence-electron chi connectivity index (χ3n) is 5.24. The summed E-state index contributed by atoms with van der Waals surface area (Å²) in [5.41, 5.74) is 2.51. The standard InChI is InChI=1S/C23H21F3N4O2/c24-23(25,26)20-6-1-3-16(29-20)13-15-7-9-27-21(14-15)30-11-8-17-18(4-2-5-19(17)30)22(32)28-10-12-31/h1-7,9,14,31H,8,10-13H2,(H,28,32). The van der Waals surface area contributed by atoms with E-state index in [1.54, 1.807) is 30.5 Å². The summed E-state index contributed by atoms with van der Waals surface area (Å²) in [7, 11) is 0. The summed E-state index contributed by atoms with van der Waals surface area (Å²) in [5, 5.41) is 11.6. The van der Waals surface area contributed by atoms with Crippen molar-refractivity contribution in [2.45, 2.75) is 19.0 Å². The van der Waals surface area contributed by atoms with Crippen LogP contribution in [0.4, 0.5) is 24.7 Å². The number of carbonyl (C=O) groups is 1. The third kappa shape index (κ3) is 4.57. The van der Waals surface area contributed by atoms with E-state index in [0.717, 1.165) is 22.9 Å². The van der Waals surface area contributed by atoms with E-state index in [1.165, 1.54) is 6.07 Å². The Labute approximate surface area is 182 Å². The van der Waals surface area contributed by atoms with Gasteiger partial charge >= 0.3 is 6.18 Å². The minimum atomic E-state index is -4.49. The van der Waals surface area contributed by atoms with Crippen LogP contribution in [0.1, 0.15) is 32.9 Å². The van der Waals surface area contributed by atoms with Crippen molar-refractivity contribution in [3.63, 3.8) is 0 Å². The van der Waals surface area contributed by atoms with Crippen LogP contribution < -0.4 is 10.2 Å². The molecule has 0 bridgehead atoms. The highest BCUT2D eigenvalue weighted by atomic mass is 19.4. The van der Waals surface area contributed by atoms with Crippen LogP contribution in [0.2, 0.25) is 0 Å². The molecule has 0 saturated heterocycles. The van der Waals surface area contributed by atoms with E-state index in [9.17, 15) is 18.0 Å². The number of aromatic nitrogens is 2. The molecule has 0 saturated carbocycles. The molecule has 32 heavy (non-hydrogen) atoms. The molecule has 0 unspecified atom stereocenters. The number of fused-ring (bicyclic) bond motifs is 1. The first-order chi connectivity index (χ1) is 15.4. The van der Waals surface area contributed by atoms with E-state index in [-0.39, 0.29) is 25.5 Å². The largest absolute Gasteiger partial charge is 0.433 e. The molecule has 3 heterocycles. The number of alkyl halides is 3. The maximum atomic E-state index is 13.0. The molecule has 166 valence electrons. The number of aliphatic hydroxyl groups is 1. The van der Waals surface area contributed by atoms with E-state index in [4.69, 9.17) is 5.11 Å². The Kier molecular flexibility index (Phi) is 6.09. The van der Waals surface area contributed by atoms with Crippen molar-refractivity contribution in [3.05, 3.63) is 82.8 Å². The molecule has 0 radical (unpaired) electrons. The van der Waals surface area contributed by atoms with Gasteiger partial charge in [-0.3, -0.25) is 4.79 Å². The van der Waals surface area contributed by atoms with Crippen LogP contribution in [0.25, 0.3) is 0 Å². The zero-order chi connectivity index (χ0) is 22.7. The van der Waals surface area contributed by atoms with E-state index < -0.39 is 11.9 Å². The highest BCUT2D eigenvalue weighted by Gasteiger charge is 2.32. The summed E-state index contributed by atoms with van der Waals surface area (Å²) in [6.07, 6.45) is -1.98. The van der Waals surface area contributed by atoms with Gasteiger partial charge in [0.05, 0.1) is 6.61 Å². The highest BCUT2D eigenvalue weighted by Crippen LogP contribution is 2.36. The number of nitrogens with zero attached hydrogens (tertiary/aromatic N) is 3. The third-order valence-corrected chi connectivity index (χ3v) is 5.24. The molecule has 1 aromatic carbocycles. The van der Waals surface area contributed by atoms with Gasteiger partial charge in [0.25, 0.3) is 5.91 Å². The zero-order valence-electron chi connectivity index (χ0n) is 17.1. The Morgan fingerprint density at radius 3 is 2.75 bits per heavy atom. The number of halogens is 3. The summed E-state index contributed by atoms with van der Waals surface area (Å²) in [6.45, 7) is 0.668.